The third-order valence-electron chi connectivity index (χ3n) is 3.51. The summed E-state index contributed by atoms with van der Waals surface area (Å²) in [5, 5.41) is 9.65. The van der Waals surface area contributed by atoms with E-state index in [1.165, 1.54) is 12.4 Å². The van der Waals surface area contributed by atoms with Crippen molar-refractivity contribution in [3.05, 3.63) is 58.6 Å². The number of anilines is 1. The van der Waals surface area contributed by atoms with Crippen molar-refractivity contribution < 1.29 is 9.90 Å². The first-order valence-electron chi connectivity index (χ1n) is 7.53. The SMILES string of the molecule is Cc1cccc(C)c1-c1cc(Cl)nc(NSc2cncc(C(=O)O)n2)n1. The fourth-order valence-electron chi connectivity index (χ4n) is 2.41. The lowest BCUT2D eigenvalue weighted by atomic mass is 10.00. The summed E-state index contributed by atoms with van der Waals surface area (Å²) in [7, 11) is 0. The molecule has 9 heteroatoms. The van der Waals surface area contributed by atoms with Crippen LogP contribution in [-0.4, -0.2) is 31.0 Å². The molecule has 2 aromatic heterocycles. The fraction of sp³-hybridized carbons (Fsp3) is 0.118. The Morgan fingerprint density at radius 1 is 1.15 bits per heavy atom. The number of aryl methyl sites for hydroxylation is 2. The number of halogens is 1. The van der Waals surface area contributed by atoms with Crippen LogP contribution in [0.5, 0.6) is 0 Å². The highest BCUT2D eigenvalue weighted by Crippen LogP contribution is 2.28. The highest BCUT2D eigenvalue weighted by Gasteiger charge is 2.12. The quantitative estimate of drug-likeness (QED) is 0.500. The Balaban J connectivity index is 1.87. The molecule has 0 atom stereocenters. The number of carboxylic acids is 1. The number of hydrogen-bond acceptors (Lipinski definition) is 7. The minimum absolute atomic E-state index is 0.139. The average molecular weight is 388 g/mol. The lowest BCUT2D eigenvalue weighted by Crippen LogP contribution is -2.03. The van der Waals surface area contributed by atoms with Crippen molar-refractivity contribution >= 4 is 35.5 Å². The number of hydrogen-bond donors (Lipinski definition) is 2. The zero-order chi connectivity index (χ0) is 18.7. The minimum atomic E-state index is -1.14. The maximum atomic E-state index is 11.0. The van der Waals surface area contributed by atoms with E-state index in [0.29, 0.717) is 21.8 Å². The van der Waals surface area contributed by atoms with Crippen molar-refractivity contribution in [2.45, 2.75) is 18.9 Å². The summed E-state index contributed by atoms with van der Waals surface area (Å²) in [5.41, 5.74) is 3.73. The van der Waals surface area contributed by atoms with E-state index < -0.39 is 5.97 Å². The molecule has 0 bridgehead atoms. The van der Waals surface area contributed by atoms with Gasteiger partial charge in [-0.25, -0.2) is 19.7 Å². The van der Waals surface area contributed by atoms with Crippen LogP contribution in [0.4, 0.5) is 5.95 Å². The molecule has 0 aliphatic heterocycles. The highest BCUT2D eigenvalue weighted by atomic mass is 35.5. The largest absolute Gasteiger partial charge is 0.476 e. The molecule has 26 heavy (non-hydrogen) atoms. The maximum Gasteiger partial charge on any atom is 0.356 e. The molecule has 3 aromatic rings. The van der Waals surface area contributed by atoms with Crippen LogP contribution in [0, 0.1) is 13.8 Å². The van der Waals surface area contributed by atoms with Gasteiger partial charge in [-0.2, -0.15) is 0 Å². The van der Waals surface area contributed by atoms with E-state index in [1.54, 1.807) is 6.07 Å². The molecule has 0 amide bonds. The number of nitrogens with one attached hydrogen (secondary N) is 1. The average Bonchev–Trinajstić information content (AvgIpc) is 2.60. The molecule has 0 spiro atoms. The molecule has 0 fully saturated rings. The van der Waals surface area contributed by atoms with E-state index >= 15 is 0 Å². The molecule has 7 nitrogen and oxygen atoms in total. The van der Waals surface area contributed by atoms with Gasteiger partial charge >= 0.3 is 5.97 Å². The van der Waals surface area contributed by atoms with Crippen LogP contribution < -0.4 is 4.72 Å². The molecule has 3 rings (SSSR count). The predicted molar refractivity (Wildman–Crippen MR) is 100 cm³/mol. The van der Waals surface area contributed by atoms with Gasteiger partial charge in [0.15, 0.2) is 5.69 Å². The van der Waals surface area contributed by atoms with Crippen LogP contribution in [0.15, 0.2) is 41.7 Å². The first kappa shape index (κ1) is 18.1. The standard InChI is InChI=1S/C17H14ClN5O2S/c1-9-4-3-5-10(2)15(9)11-6-13(18)22-17(21-11)23-26-14-8-19-7-12(20-14)16(24)25/h3-8H,1-2H3,(H,24,25)(H,21,22,23). The molecule has 1 aromatic carbocycles. The minimum Gasteiger partial charge on any atom is -0.476 e. The van der Waals surface area contributed by atoms with Crippen molar-refractivity contribution in [3.8, 4) is 11.3 Å². The Morgan fingerprint density at radius 3 is 2.58 bits per heavy atom. The van der Waals surface area contributed by atoms with Crippen LogP contribution in [-0.2, 0) is 0 Å². The number of carbonyl (C=O) groups is 1. The van der Waals surface area contributed by atoms with E-state index in [0.717, 1.165) is 28.6 Å². The highest BCUT2D eigenvalue weighted by molar-refractivity contribution is 8.00. The Kier molecular flexibility index (Phi) is 5.34. The molecule has 0 saturated heterocycles. The van der Waals surface area contributed by atoms with E-state index in [9.17, 15) is 4.79 Å². The first-order chi connectivity index (χ1) is 12.4. The van der Waals surface area contributed by atoms with Gasteiger partial charge in [0.25, 0.3) is 0 Å². The summed E-state index contributed by atoms with van der Waals surface area (Å²) in [6.45, 7) is 4.01. The summed E-state index contributed by atoms with van der Waals surface area (Å²) in [5.74, 6) is -0.848. The number of aromatic carboxylic acids is 1. The van der Waals surface area contributed by atoms with Gasteiger partial charge in [0.2, 0.25) is 5.95 Å². The van der Waals surface area contributed by atoms with Crippen LogP contribution in [0.1, 0.15) is 21.6 Å². The van der Waals surface area contributed by atoms with Crippen LogP contribution in [0.3, 0.4) is 0 Å². The number of rotatable bonds is 5. The first-order valence-corrected chi connectivity index (χ1v) is 8.73. The van der Waals surface area contributed by atoms with Crippen LogP contribution in [0.2, 0.25) is 5.15 Å². The molecular weight excluding hydrogens is 374 g/mol. The molecule has 2 heterocycles. The van der Waals surface area contributed by atoms with Gasteiger partial charge in [-0.15, -0.1) is 0 Å². The molecule has 0 radical (unpaired) electrons. The number of nitrogens with zero attached hydrogens (tertiary/aromatic N) is 4. The summed E-state index contributed by atoms with van der Waals surface area (Å²) in [6.07, 6.45) is 2.63. The maximum absolute atomic E-state index is 11.0. The molecular formula is C17H14ClN5O2S. The number of carboxylic acid groups (broad SMARTS) is 1. The third kappa shape index (κ3) is 4.09. The van der Waals surface area contributed by atoms with E-state index in [-0.39, 0.29) is 5.69 Å². The zero-order valence-electron chi connectivity index (χ0n) is 13.9. The van der Waals surface area contributed by atoms with Crippen molar-refractivity contribution in [3.63, 3.8) is 0 Å². The monoisotopic (exact) mass is 387 g/mol. The van der Waals surface area contributed by atoms with Crippen LogP contribution in [0.25, 0.3) is 11.3 Å². The lowest BCUT2D eigenvalue weighted by molar-refractivity contribution is 0.0689. The third-order valence-corrected chi connectivity index (χ3v) is 4.39. The second-order valence-electron chi connectivity index (χ2n) is 5.42. The van der Waals surface area contributed by atoms with Gasteiger partial charge in [-0.3, -0.25) is 9.71 Å². The smallest absolute Gasteiger partial charge is 0.356 e. The van der Waals surface area contributed by atoms with E-state index in [4.69, 9.17) is 16.7 Å². The van der Waals surface area contributed by atoms with Gasteiger partial charge in [-0.1, -0.05) is 29.8 Å². The summed E-state index contributed by atoms with van der Waals surface area (Å²) in [6, 6.07) is 7.71. The molecule has 0 aliphatic carbocycles. The fourth-order valence-corrected chi connectivity index (χ4v) is 3.14. The molecule has 0 saturated carbocycles. The van der Waals surface area contributed by atoms with Gasteiger partial charge in [0.05, 0.1) is 18.1 Å². The second-order valence-corrected chi connectivity index (χ2v) is 6.63. The van der Waals surface area contributed by atoms with E-state index in [1.807, 2.05) is 32.0 Å². The van der Waals surface area contributed by atoms with Gasteiger partial charge in [0, 0.05) is 23.6 Å². The molecule has 0 aliphatic rings. The normalized spacial score (nSPS) is 10.6. The predicted octanol–water partition coefficient (Wildman–Crippen LogP) is 4.02. The van der Waals surface area contributed by atoms with Gasteiger partial charge in [-0.05, 0) is 25.0 Å². The summed E-state index contributed by atoms with van der Waals surface area (Å²) in [4.78, 5) is 27.4. The van der Waals surface area contributed by atoms with Crippen molar-refractivity contribution in [1.82, 2.24) is 19.9 Å². The van der Waals surface area contributed by atoms with Crippen molar-refractivity contribution in [2.75, 3.05) is 4.72 Å². The topological polar surface area (TPSA) is 101 Å². The molecule has 0 unspecified atom stereocenters. The summed E-state index contributed by atoms with van der Waals surface area (Å²) < 4.78 is 2.93. The second kappa shape index (κ2) is 7.67. The van der Waals surface area contributed by atoms with Gasteiger partial charge < -0.3 is 5.11 Å². The Bertz CT molecular complexity index is 963. The zero-order valence-corrected chi connectivity index (χ0v) is 15.5. The number of aromatic nitrogens is 4. The van der Waals surface area contributed by atoms with Crippen molar-refractivity contribution in [1.29, 1.82) is 0 Å². The molecule has 2 N–H and O–H groups in total. The Hall–Kier alpha value is -2.71. The molecule has 132 valence electrons. The number of benzene rings is 1. The van der Waals surface area contributed by atoms with Gasteiger partial charge in [0.1, 0.15) is 10.2 Å². The lowest BCUT2D eigenvalue weighted by Gasteiger charge is -2.11. The van der Waals surface area contributed by atoms with Crippen molar-refractivity contribution in [2.24, 2.45) is 0 Å². The van der Waals surface area contributed by atoms with Crippen LogP contribution >= 0.6 is 23.5 Å². The summed E-state index contributed by atoms with van der Waals surface area (Å²) >= 11 is 7.20. The Labute approximate surface area is 159 Å². The van der Waals surface area contributed by atoms with E-state index in [2.05, 4.69) is 24.7 Å². The Morgan fingerprint density at radius 2 is 1.88 bits per heavy atom.